The molecule has 0 spiro atoms. The highest BCUT2D eigenvalue weighted by molar-refractivity contribution is 5.92. The number of ether oxygens (including phenoxy) is 1. The minimum atomic E-state index is -0.649. The van der Waals surface area contributed by atoms with Crippen LogP contribution in [0.15, 0.2) is 48.5 Å². The number of rotatable bonds is 5. The first-order valence-electron chi connectivity index (χ1n) is 6.80. The standard InChI is InChI=1S/C17H16FNO3/c1-12-6-8-14(9-7-12)19-16(20)11-22-17(21)10-13-4-2-3-5-15(13)18/h2-9H,10-11H2,1H3,(H,19,20). The van der Waals surface area contributed by atoms with Gasteiger partial charge in [-0.05, 0) is 30.7 Å². The van der Waals surface area contributed by atoms with Crippen LogP contribution in [0.1, 0.15) is 11.1 Å². The molecule has 1 N–H and O–H groups in total. The van der Waals surface area contributed by atoms with E-state index in [4.69, 9.17) is 4.74 Å². The number of esters is 1. The van der Waals surface area contributed by atoms with Crippen LogP contribution in [-0.2, 0) is 20.7 Å². The molecule has 0 atom stereocenters. The third-order valence-electron chi connectivity index (χ3n) is 2.99. The van der Waals surface area contributed by atoms with E-state index < -0.39 is 24.3 Å². The first kappa shape index (κ1) is 15.7. The summed E-state index contributed by atoms with van der Waals surface area (Å²) in [6, 6.07) is 13.2. The van der Waals surface area contributed by atoms with Crippen LogP contribution in [0.2, 0.25) is 0 Å². The summed E-state index contributed by atoms with van der Waals surface area (Å²) in [6.45, 7) is 1.54. The Hall–Kier alpha value is -2.69. The second kappa shape index (κ2) is 7.36. The molecule has 0 aliphatic rings. The number of nitrogens with one attached hydrogen (secondary N) is 1. The Morgan fingerprint density at radius 3 is 2.45 bits per heavy atom. The van der Waals surface area contributed by atoms with Crippen molar-refractivity contribution in [2.24, 2.45) is 0 Å². The smallest absolute Gasteiger partial charge is 0.310 e. The van der Waals surface area contributed by atoms with Gasteiger partial charge < -0.3 is 10.1 Å². The van der Waals surface area contributed by atoms with Gasteiger partial charge in [-0.15, -0.1) is 0 Å². The summed E-state index contributed by atoms with van der Waals surface area (Å²) in [7, 11) is 0. The Morgan fingerprint density at radius 1 is 1.09 bits per heavy atom. The monoisotopic (exact) mass is 301 g/mol. The van der Waals surface area contributed by atoms with Crippen LogP contribution in [0.25, 0.3) is 0 Å². The molecule has 1 amide bonds. The van der Waals surface area contributed by atoms with Crippen molar-refractivity contribution in [2.45, 2.75) is 13.3 Å². The lowest BCUT2D eigenvalue weighted by Gasteiger charge is -2.07. The molecule has 4 nitrogen and oxygen atoms in total. The van der Waals surface area contributed by atoms with Gasteiger partial charge in [0, 0.05) is 5.69 Å². The zero-order chi connectivity index (χ0) is 15.9. The molecule has 0 fully saturated rings. The zero-order valence-electron chi connectivity index (χ0n) is 12.1. The Kier molecular flexibility index (Phi) is 5.25. The van der Waals surface area contributed by atoms with Gasteiger partial charge >= 0.3 is 5.97 Å². The molecule has 0 radical (unpaired) electrons. The van der Waals surface area contributed by atoms with E-state index in [9.17, 15) is 14.0 Å². The van der Waals surface area contributed by atoms with Crippen molar-refractivity contribution in [3.05, 3.63) is 65.5 Å². The first-order valence-corrected chi connectivity index (χ1v) is 6.80. The fourth-order valence-electron chi connectivity index (χ4n) is 1.83. The number of anilines is 1. The number of hydrogen-bond acceptors (Lipinski definition) is 3. The largest absolute Gasteiger partial charge is 0.455 e. The molecule has 0 aliphatic carbocycles. The molecule has 114 valence electrons. The van der Waals surface area contributed by atoms with Gasteiger partial charge in [-0.1, -0.05) is 35.9 Å². The third-order valence-corrected chi connectivity index (χ3v) is 2.99. The quantitative estimate of drug-likeness (QED) is 0.864. The molecular weight excluding hydrogens is 285 g/mol. The van der Waals surface area contributed by atoms with Gasteiger partial charge in [-0.2, -0.15) is 0 Å². The van der Waals surface area contributed by atoms with E-state index in [-0.39, 0.29) is 12.0 Å². The van der Waals surface area contributed by atoms with Crippen LogP contribution in [0.4, 0.5) is 10.1 Å². The number of benzene rings is 2. The molecule has 0 heterocycles. The van der Waals surface area contributed by atoms with Crippen molar-refractivity contribution in [3.63, 3.8) is 0 Å². The van der Waals surface area contributed by atoms with Crippen molar-refractivity contribution in [2.75, 3.05) is 11.9 Å². The lowest BCUT2D eigenvalue weighted by atomic mass is 10.1. The number of halogens is 1. The van der Waals surface area contributed by atoms with Crippen molar-refractivity contribution in [1.82, 2.24) is 0 Å². The van der Waals surface area contributed by atoms with Crippen LogP contribution in [0.5, 0.6) is 0 Å². The SMILES string of the molecule is Cc1ccc(NC(=O)COC(=O)Cc2ccccc2F)cc1. The molecular formula is C17H16FNO3. The average Bonchev–Trinajstić information content (AvgIpc) is 2.50. The maximum absolute atomic E-state index is 13.4. The van der Waals surface area contributed by atoms with Gasteiger partial charge in [-0.25, -0.2) is 4.39 Å². The fourth-order valence-corrected chi connectivity index (χ4v) is 1.83. The molecule has 5 heteroatoms. The summed E-state index contributed by atoms with van der Waals surface area (Å²) in [5, 5.41) is 2.61. The lowest BCUT2D eigenvalue weighted by molar-refractivity contribution is -0.146. The Bertz CT molecular complexity index is 668. The molecule has 0 saturated carbocycles. The van der Waals surface area contributed by atoms with Crippen molar-refractivity contribution in [1.29, 1.82) is 0 Å². The average molecular weight is 301 g/mol. The molecule has 2 aromatic carbocycles. The number of carbonyl (C=O) groups is 2. The van der Waals surface area contributed by atoms with E-state index in [0.29, 0.717) is 5.69 Å². The number of hydrogen-bond donors (Lipinski definition) is 1. The van der Waals surface area contributed by atoms with Crippen molar-refractivity contribution in [3.8, 4) is 0 Å². The summed E-state index contributed by atoms with van der Waals surface area (Å²) in [5.74, 6) is -1.56. The Labute approximate surface area is 127 Å². The molecule has 0 saturated heterocycles. The van der Waals surface area contributed by atoms with Crippen molar-refractivity contribution < 1.29 is 18.7 Å². The van der Waals surface area contributed by atoms with Gasteiger partial charge in [0.05, 0.1) is 6.42 Å². The predicted octanol–water partition coefficient (Wildman–Crippen LogP) is 2.86. The van der Waals surface area contributed by atoms with Crippen LogP contribution in [0.3, 0.4) is 0 Å². The highest BCUT2D eigenvalue weighted by Gasteiger charge is 2.11. The summed E-state index contributed by atoms with van der Waals surface area (Å²) in [5.41, 5.74) is 1.95. The maximum atomic E-state index is 13.4. The number of aryl methyl sites for hydroxylation is 1. The van der Waals surface area contributed by atoms with Crippen LogP contribution in [0, 0.1) is 12.7 Å². The Morgan fingerprint density at radius 2 is 1.77 bits per heavy atom. The first-order chi connectivity index (χ1) is 10.5. The highest BCUT2D eigenvalue weighted by Crippen LogP contribution is 2.09. The maximum Gasteiger partial charge on any atom is 0.310 e. The second-order valence-corrected chi connectivity index (χ2v) is 4.84. The highest BCUT2D eigenvalue weighted by atomic mass is 19.1. The Balaban J connectivity index is 1.79. The molecule has 0 unspecified atom stereocenters. The summed E-state index contributed by atoms with van der Waals surface area (Å²) in [4.78, 5) is 23.3. The zero-order valence-corrected chi connectivity index (χ0v) is 12.1. The molecule has 0 aliphatic heterocycles. The minimum absolute atomic E-state index is 0.204. The van der Waals surface area contributed by atoms with E-state index in [0.717, 1.165) is 5.56 Å². The molecule has 2 aromatic rings. The van der Waals surface area contributed by atoms with Gasteiger partial charge in [0.2, 0.25) is 0 Å². The predicted molar refractivity (Wildman–Crippen MR) is 80.9 cm³/mol. The number of amides is 1. The fraction of sp³-hybridized carbons (Fsp3) is 0.176. The minimum Gasteiger partial charge on any atom is -0.455 e. The second-order valence-electron chi connectivity index (χ2n) is 4.84. The molecule has 0 aromatic heterocycles. The van der Waals surface area contributed by atoms with Crippen LogP contribution < -0.4 is 5.32 Å². The van der Waals surface area contributed by atoms with Gasteiger partial charge in [0.1, 0.15) is 5.82 Å². The lowest BCUT2D eigenvalue weighted by Crippen LogP contribution is -2.21. The summed E-state index contributed by atoms with van der Waals surface area (Å²) < 4.78 is 18.2. The molecule has 22 heavy (non-hydrogen) atoms. The van der Waals surface area contributed by atoms with E-state index in [1.165, 1.54) is 12.1 Å². The van der Waals surface area contributed by atoms with E-state index in [1.807, 2.05) is 19.1 Å². The number of carbonyl (C=O) groups excluding carboxylic acids is 2. The van der Waals surface area contributed by atoms with Crippen molar-refractivity contribution >= 4 is 17.6 Å². The van der Waals surface area contributed by atoms with Crippen LogP contribution >= 0.6 is 0 Å². The van der Waals surface area contributed by atoms with Gasteiger partial charge in [-0.3, -0.25) is 9.59 Å². The third kappa shape index (κ3) is 4.70. The van der Waals surface area contributed by atoms with E-state index in [1.54, 1.807) is 24.3 Å². The normalized spacial score (nSPS) is 10.1. The molecule has 0 bridgehead atoms. The summed E-state index contributed by atoms with van der Waals surface area (Å²) >= 11 is 0. The van der Waals surface area contributed by atoms with Gasteiger partial charge in [0.15, 0.2) is 6.61 Å². The van der Waals surface area contributed by atoms with Gasteiger partial charge in [0.25, 0.3) is 5.91 Å². The van der Waals surface area contributed by atoms with E-state index >= 15 is 0 Å². The topological polar surface area (TPSA) is 55.4 Å². The summed E-state index contributed by atoms with van der Waals surface area (Å²) in [6.07, 6.45) is -0.204. The van der Waals surface area contributed by atoms with E-state index in [2.05, 4.69) is 5.32 Å². The molecule has 2 rings (SSSR count). The van der Waals surface area contributed by atoms with Crippen LogP contribution in [-0.4, -0.2) is 18.5 Å².